The van der Waals surface area contributed by atoms with Gasteiger partial charge in [-0.05, 0) is 68.1 Å². The topological polar surface area (TPSA) is 39.7 Å². The van der Waals surface area contributed by atoms with E-state index in [0.717, 1.165) is 68.5 Å². The van der Waals surface area contributed by atoms with Crippen LogP contribution in [0.3, 0.4) is 0 Å². The fourth-order valence-electron chi connectivity index (χ4n) is 4.60. The normalized spacial score (nSPS) is 18.5. The Hall–Kier alpha value is -2.63. The van der Waals surface area contributed by atoms with Gasteiger partial charge in [0.25, 0.3) is 0 Å². The Labute approximate surface area is 202 Å². The number of anilines is 1. The van der Waals surface area contributed by atoms with Crippen LogP contribution in [0.2, 0.25) is 5.02 Å². The molecule has 0 aliphatic carbocycles. The van der Waals surface area contributed by atoms with Gasteiger partial charge >= 0.3 is 0 Å². The molecule has 5 nitrogen and oxygen atoms in total. The zero-order valence-electron chi connectivity index (χ0n) is 19.8. The molecule has 2 aliphatic heterocycles. The molecule has 0 spiro atoms. The molecule has 0 saturated carbocycles. The van der Waals surface area contributed by atoms with E-state index in [-0.39, 0.29) is 0 Å². The second-order valence-corrected chi connectivity index (χ2v) is 9.49. The third kappa shape index (κ3) is 5.66. The van der Waals surface area contributed by atoms with Crippen molar-refractivity contribution >= 4 is 34.7 Å². The number of pyridine rings is 1. The van der Waals surface area contributed by atoms with E-state index >= 15 is 0 Å². The lowest BCUT2D eigenvalue weighted by Gasteiger charge is -2.24. The smallest absolute Gasteiger partial charge is 0.210 e. The average molecular weight is 465 g/mol. The quantitative estimate of drug-likeness (QED) is 0.506. The molecule has 2 saturated heterocycles. The van der Waals surface area contributed by atoms with Gasteiger partial charge in [-0.25, -0.2) is 4.98 Å². The van der Waals surface area contributed by atoms with Gasteiger partial charge in [-0.1, -0.05) is 42.3 Å². The van der Waals surface area contributed by atoms with Crippen molar-refractivity contribution in [1.29, 1.82) is 0 Å². The molecule has 3 heterocycles. The summed E-state index contributed by atoms with van der Waals surface area (Å²) in [5.41, 5.74) is 4.99. The number of nitrogens with zero attached hydrogens (tertiary/aromatic N) is 4. The summed E-state index contributed by atoms with van der Waals surface area (Å²) in [5, 5.41) is 2.07. The van der Waals surface area contributed by atoms with Crippen molar-refractivity contribution < 1.29 is 4.79 Å². The van der Waals surface area contributed by atoms with Gasteiger partial charge in [0, 0.05) is 42.6 Å². The van der Waals surface area contributed by atoms with Gasteiger partial charge in [-0.3, -0.25) is 9.69 Å². The maximum atomic E-state index is 10.9. The van der Waals surface area contributed by atoms with Crippen LogP contribution in [0.4, 0.5) is 5.82 Å². The summed E-state index contributed by atoms with van der Waals surface area (Å²) >= 11 is 5.61. The molecular formula is C27H33ClN4O. The SMILES string of the molecule is CCc1ccc2nc(N3CCC(N4CCN(C=O)C4)C3)cc(C)c2c1.Cc1ccc(Cl)cc1. The van der Waals surface area contributed by atoms with Crippen LogP contribution in [0, 0.1) is 13.8 Å². The number of fused-ring (bicyclic) bond motifs is 1. The van der Waals surface area contributed by atoms with Crippen molar-refractivity contribution in [2.45, 2.75) is 39.7 Å². The van der Waals surface area contributed by atoms with Crippen LogP contribution < -0.4 is 4.90 Å². The number of carbonyl (C=O) groups excluding carboxylic acids is 1. The van der Waals surface area contributed by atoms with E-state index in [0.29, 0.717) is 6.04 Å². The van der Waals surface area contributed by atoms with Gasteiger partial charge in [0.15, 0.2) is 0 Å². The lowest BCUT2D eigenvalue weighted by atomic mass is 10.1. The number of hydrogen-bond donors (Lipinski definition) is 0. The molecular weight excluding hydrogens is 432 g/mol. The first-order valence-corrected chi connectivity index (χ1v) is 12.2. The Morgan fingerprint density at radius 3 is 2.52 bits per heavy atom. The molecule has 1 unspecified atom stereocenters. The van der Waals surface area contributed by atoms with Crippen LogP contribution in [-0.4, -0.2) is 60.1 Å². The molecule has 0 radical (unpaired) electrons. The summed E-state index contributed by atoms with van der Waals surface area (Å²) in [7, 11) is 0. The number of carbonyl (C=O) groups is 1. The highest BCUT2D eigenvalue weighted by atomic mass is 35.5. The van der Waals surface area contributed by atoms with Crippen molar-refractivity contribution in [1.82, 2.24) is 14.8 Å². The molecule has 5 rings (SSSR count). The van der Waals surface area contributed by atoms with E-state index in [1.165, 1.54) is 22.1 Å². The van der Waals surface area contributed by atoms with Crippen LogP contribution in [0.1, 0.15) is 30.0 Å². The van der Waals surface area contributed by atoms with E-state index in [4.69, 9.17) is 16.6 Å². The summed E-state index contributed by atoms with van der Waals surface area (Å²) in [6.45, 7) is 11.1. The third-order valence-corrected chi connectivity index (χ3v) is 6.93. The van der Waals surface area contributed by atoms with Gasteiger partial charge < -0.3 is 9.80 Å². The molecule has 1 aromatic heterocycles. The van der Waals surface area contributed by atoms with Crippen molar-refractivity contribution in [3.63, 3.8) is 0 Å². The molecule has 1 atom stereocenters. The van der Waals surface area contributed by atoms with E-state index < -0.39 is 0 Å². The minimum absolute atomic E-state index is 0.519. The van der Waals surface area contributed by atoms with Crippen molar-refractivity contribution in [3.05, 3.63) is 70.2 Å². The van der Waals surface area contributed by atoms with Crippen molar-refractivity contribution in [3.8, 4) is 0 Å². The lowest BCUT2D eigenvalue weighted by Crippen LogP contribution is -2.37. The minimum atomic E-state index is 0.519. The highest BCUT2D eigenvalue weighted by Crippen LogP contribution is 2.27. The highest BCUT2D eigenvalue weighted by Gasteiger charge is 2.32. The highest BCUT2D eigenvalue weighted by molar-refractivity contribution is 6.30. The number of halogens is 1. The summed E-state index contributed by atoms with van der Waals surface area (Å²) in [4.78, 5) is 22.5. The fraction of sp³-hybridized carbons (Fsp3) is 0.407. The predicted octanol–water partition coefficient (Wildman–Crippen LogP) is 5.06. The molecule has 0 N–H and O–H groups in total. The molecule has 3 aromatic rings. The minimum Gasteiger partial charge on any atom is -0.355 e. The lowest BCUT2D eigenvalue weighted by molar-refractivity contribution is -0.117. The number of benzene rings is 2. The fourth-order valence-corrected chi connectivity index (χ4v) is 4.73. The van der Waals surface area contributed by atoms with Crippen molar-refractivity contribution in [2.75, 3.05) is 37.7 Å². The van der Waals surface area contributed by atoms with Gasteiger partial charge in [-0.15, -0.1) is 0 Å². The van der Waals surface area contributed by atoms with Gasteiger partial charge in [0.1, 0.15) is 5.82 Å². The van der Waals surface area contributed by atoms with E-state index in [1.54, 1.807) is 0 Å². The van der Waals surface area contributed by atoms with Gasteiger partial charge in [-0.2, -0.15) is 0 Å². The van der Waals surface area contributed by atoms with Crippen molar-refractivity contribution in [2.24, 2.45) is 0 Å². The zero-order valence-corrected chi connectivity index (χ0v) is 20.6. The summed E-state index contributed by atoms with van der Waals surface area (Å²) in [6, 6.07) is 17.1. The maximum Gasteiger partial charge on any atom is 0.210 e. The van der Waals surface area contributed by atoms with Crippen LogP contribution in [0.5, 0.6) is 0 Å². The van der Waals surface area contributed by atoms with E-state index in [1.807, 2.05) is 36.1 Å². The Kier molecular flexibility index (Phi) is 7.51. The van der Waals surface area contributed by atoms with Crippen LogP contribution in [-0.2, 0) is 11.2 Å². The average Bonchev–Trinajstić information content (AvgIpc) is 3.51. The molecule has 2 aromatic carbocycles. The Morgan fingerprint density at radius 1 is 1.06 bits per heavy atom. The largest absolute Gasteiger partial charge is 0.355 e. The summed E-state index contributed by atoms with van der Waals surface area (Å²) < 4.78 is 0. The molecule has 2 aliphatic rings. The first-order chi connectivity index (χ1) is 16.0. The first kappa shape index (κ1) is 23.5. The second-order valence-electron chi connectivity index (χ2n) is 9.06. The molecule has 174 valence electrons. The van der Waals surface area contributed by atoms with Gasteiger partial charge in [0.2, 0.25) is 6.41 Å². The Bertz CT molecular complexity index is 1080. The van der Waals surface area contributed by atoms with Crippen LogP contribution in [0.25, 0.3) is 10.9 Å². The second kappa shape index (κ2) is 10.5. The number of amides is 1. The Morgan fingerprint density at radius 2 is 1.85 bits per heavy atom. The first-order valence-electron chi connectivity index (χ1n) is 11.8. The molecule has 6 heteroatoms. The number of hydrogen-bond acceptors (Lipinski definition) is 4. The number of rotatable bonds is 4. The third-order valence-electron chi connectivity index (χ3n) is 6.68. The molecule has 0 bridgehead atoms. The Balaban J connectivity index is 0.000000275. The van der Waals surface area contributed by atoms with Crippen LogP contribution in [0.15, 0.2) is 48.5 Å². The zero-order chi connectivity index (χ0) is 23.4. The summed E-state index contributed by atoms with van der Waals surface area (Å²) in [6.07, 6.45) is 3.16. The van der Waals surface area contributed by atoms with E-state index in [2.05, 4.69) is 47.9 Å². The standard InChI is InChI=1S/C20H26N4O.C7H7Cl/c1-3-16-4-5-19-18(11-16)15(2)10-20(21-19)23-7-6-17(12-23)24-9-8-22(13-24)14-25;1-6-2-4-7(8)5-3-6/h4-5,10-11,14,17H,3,6-9,12-13H2,1-2H3;2-5H,1H3. The van der Waals surface area contributed by atoms with E-state index in [9.17, 15) is 4.79 Å². The summed E-state index contributed by atoms with van der Waals surface area (Å²) in [5.74, 6) is 1.09. The number of aromatic nitrogens is 1. The molecule has 2 fully saturated rings. The predicted molar refractivity (Wildman–Crippen MR) is 137 cm³/mol. The monoisotopic (exact) mass is 464 g/mol. The molecule has 33 heavy (non-hydrogen) atoms. The molecule has 1 amide bonds. The maximum absolute atomic E-state index is 10.9. The van der Waals surface area contributed by atoms with Gasteiger partial charge in [0.05, 0.1) is 12.2 Å². The van der Waals surface area contributed by atoms with Crippen LogP contribution >= 0.6 is 11.6 Å². The number of aryl methyl sites for hydroxylation is 3.